The summed E-state index contributed by atoms with van der Waals surface area (Å²) in [4.78, 5) is 24.7. The summed E-state index contributed by atoms with van der Waals surface area (Å²) in [5, 5.41) is 0. The van der Waals surface area contributed by atoms with Gasteiger partial charge < -0.3 is 14.2 Å². The fourth-order valence-electron chi connectivity index (χ4n) is 3.90. The molecule has 0 heterocycles. The first-order valence-electron chi connectivity index (χ1n) is 8.09. The number of carbonyl (C=O) groups is 2. The van der Waals surface area contributed by atoms with Crippen LogP contribution in [0.1, 0.15) is 31.2 Å². The van der Waals surface area contributed by atoms with Crippen molar-refractivity contribution in [2.24, 2.45) is 11.3 Å². The third-order valence-electron chi connectivity index (χ3n) is 5.33. The zero-order valence-corrected chi connectivity index (χ0v) is 14.3. The van der Waals surface area contributed by atoms with Gasteiger partial charge in [-0.1, -0.05) is 17.7 Å². The zero-order chi connectivity index (χ0) is 17.3. The average Bonchev–Trinajstić information content (AvgIpc) is 2.62. The molecule has 1 aromatic carbocycles. The predicted octanol–water partition coefficient (Wildman–Crippen LogP) is 2.99. The topological polar surface area (TPSA) is 61.8 Å². The van der Waals surface area contributed by atoms with Gasteiger partial charge in [0.2, 0.25) is 0 Å². The number of ether oxygens (including phenoxy) is 3. The summed E-state index contributed by atoms with van der Waals surface area (Å²) in [7, 11) is 4.27. The molecule has 5 nitrogen and oxygen atoms in total. The highest BCUT2D eigenvalue weighted by Gasteiger charge is 2.54. The van der Waals surface area contributed by atoms with Gasteiger partial charge in [0.1, 0.15) is 5.75 Å². The second-order valence-electron chi connectivity index (χ2n) is 6.41. The van der Waals surface area contributed by atoms with Crippen LogP contribution in [0.2, 0.25) is 0 Å². The van der Waals surface area contributed by atoms with Gasteiger partial charge in [-0.3, -0.25) is 9.59 Å². The van der Waals surface area contributed by atoms with Crippen molar-refractivity contribution >= 4 is 17.5 Å². The Balaban J connectivity index is 1.94. The number of rotatable bonds is 4. The van der Waals surface area contributed by atoms with E-state index in [9.17, 15) is 9.59 Å². The van der Waals surface area contributed by atoms with E-state index in [0.717, 1.165) is 24.2 Å². The van der Waals surface area contributed by atoms with Crippen LogP contribution in [0.15, 0.2) is 29.8 Å². The Morgan fingerprint density at radius 2 is 1.67 bits per heavy atom. The largest absolute Gasteiger partial charge is 0.497 e. The van der Waals surface area contributed by atoms with Gasteiger partial charge in [-0.05, 0) is 54.9 Å². The van der Waals surface area contributed by atoms with Crippen LogP contribution in [-0.2, 0) is 19.1 Å². The maximum absolute atomic E-state index is 12.3. The number of methoxy groups -OCH3 is 3. The van der Waals surface area contributed by atoms with Crippen LogP contribution in [0, 0.1) is 11.3 Å². The molecule has 0 bridgehead atoms. The lowest BCUT2D eigenvalue weighted by atomic mass is 9.59. The summed E-state index contributed by atoms with van der Waals surface area (Å²) in [6.45, 7) is 0. The Labute approximate surface area is 141 Å². The Morgan fingerprint density at radius 1 is 1.04 bits per heavy atom. The Bertz CT molecular complexity index is 670. The Morgan fingerprint density at radius 3 is 2.21 bits per heavy atom. The number of hydrogen-bond acceptors (Lipinski definition) is 5. The second-order valence-corrected chi connectivity index (χ2v) is 6.41. The number of hydrogen-bond donors (Lipinski definition) is 0. The molecule has 1 saturated carbocycles. The lowest BCUT2D eigenvalue weighted by Gasteiger charge is -2.44. The molecule has 5 heteroatoms. The lowest BCUT2D eigenvalue weighted by Crippen LogP contribution is -2.46. The minimum Gasteiger partial charge on any atom is -0.497 e. The first kappa shape index (κ1) is 16.6. The van der Waals surface area contributed by atoms with Crippen molar-refractivity contribution in [2.75, 3.05) is 21.3 Å². The van der Waals surface area contributed by atoms with Crippen LogP contribution in [-0.4, -0.2) is 33.3 Å². The molecule has 0 aromatic heterocycles. The van der Waals surface area contributed by atoms with Crippen LogP contribution < -0.4 is 4.74 Å². The van der Waals surface area contributed by atoms with Crippen molar-refractivity contribution in [3.8, 4) is 5.75 Å². The summed E-state index contributed by atoms with van der Waals surface area (Å²) in [6.07, 6.45) is 2.66. The molecule has 24 heavy (non-hydrogen) atoms. The third kappa shape index (κ3) is 2.48. The number of esters is 2. The number of benzene rings is 1. The van der Waals surface area contributed by atoms with Crippen LogP contribution in [0.25, 0.3) is 5.57 Å². The molecule has 0 aliphatic heterocycles. The molecule has 1 unspecified atom stereocenters. The van der Waals surface area contributed by atoms with E-state index in [-0.39, 0.29) is 0 Å². The molecule has 0 saturated heterocycles. The van der Waals surface area contributed by atoms with Gasteiger partial charge in [-0.25, -0.2) is 0 Å². The van der Waals surface area contributed by atoms with Crippen LogP contribution >= 0.6 is 0 Å². The molecule has 0 radical (unpaired) electrons. The smallest absolute Gasteiger partial charge is 0.323 e. The standard InChI is InChI=1S/C19H22O5/c1-22-14-6-4-12(5-7-14)15-10-13-8-9-19(11-16(13)15,17(20)23-2)18(21)24-3/h4-7,13H,8-11H2,1-3H3. The molecule has 0 spiro atoms. The van der Waals surface area contributed by atoms with Crippen molar-refractivity contribution in [3.05, 3.63) is 35.4 Å². The summed E-state index contributed by atoms with van der Waals surface area (Å²) >= 11 is 0. The Kier molecular flexibility index (Phi) is 4.35. The number of fused-ring (bicyclic) bond motifs is 1. The Hall–Kier alpha value is -2.30. The maximum Gasteiger partial charge on any atom is 0.323 e. The van der Waals surface area contributed by atoms with Gasteiger partial charge in [0.15, 0.2) is 5.41 Å². The molecule has 3 rings (SSSR count). The summed E-state index contributed by atoms with van der Waals surface area (Å²) in [5.74, 6) is 0.259. The van der Waals surface area contributed by atoms with Crippen molar-refractivity contribution in [1.29, 1.82) is 0 Å². The van der Waals surface area contributed by atoms with E-state index in [1.54, 1.807) is 7.11 Å². The highest BCUT2D eigenvalue weighted by Crippen LogP contribution is 2.55. The first-order valence-corrected chi connectivity index (χ1v) is 8.09. The van der Waals surface area contributed by atoms with Crippen LogP contribution in [0.4, 0.5) is 0 Å². The third-order valence-corrected chi connectivity index (χ3v) is 5.33. The summed E-state index contributed by atoms with van der Waals surface area (Å²) in [6, 6.07) is 7.88. The number of carbonyl (C=O) groups excluding carboxylic acids is 2. The fourth-order valence-corrected chi connectivity index (χ4v) is 3.90. The SMILES string of the molecule is COC(=O)C1(C(=O)OC)CCC2CC(c3ccc(OC)cc3)=C2C1. The molecule has 2 aliphatic carbocycles. The van der Waals surface area contributed by atoms with E-state index in [2.05, 4.69) is 0 Å². The van der Waals surface area contributed by atoms with Crippen molar-refractivity contribution in [2.45, 2.75) is 25.7 Å². The fraction of sp³-hybridized carbons (Fsp3) is 0.474. The molecule has 1 aromatic rings. The molecule has 0 N–H and O–H groups in total. The molecule has 1 atom stereocenters. The molecular weight excluding hydrogens is 308 g/mol. The predicted molar refractivity (Wildman–Crippen MR) is 88.3 cm³/mol. The van der Waals surface area contributed by atoms with E-state index in [0.29, 0.717) is 18.8 Å². The van der Waals surface area contributed by atoms with E-state index in [1.807, 2.05) is 24.3 Å². The monoisotopic (exact) mass is 330 g/mol. The quantitative estimate of drug-likeness (QED) is 0.627. The van der Waals surface area contributed by atoms with Gasteiger partial charge in [0.25, 0.3) is 0 Å². The van der Waals surface area contributed by atoms with Gasteiger partial charge in [0.05, 0.1) is 21.3 Å². The number of allylic oxidation sites excluding steroid dienone is 2. The van der Waals surface area contributed by atoms with Gasteiger partial charge in [-0.15, -0.1) is 0 Å². The first-order chi connectivity index (χ1) is 11.6. The minimum absolute atomic E-state index is 0.387. The van der Waals surface area contributed by atoms with Gasteiger partial charge >= 0.3 is 11.9 Å². The van der Waals surface area contributed by atoms with E-state index < -0.39 is 17.4 Å². The van der Waals surface area contributed by atoms with Crippen molar-refractivity contribution in [1.82, 2.24) is 0 Å². The summed E-state index contributed by atoms with van der Waals surface area (Å²) < 4.78 is 15.0. The maximum atomic E-state index is 12.3. The van der Waals surface area contributed by atoms with Crippen molar-refractivity contribution in [3.63, 3.8) is 0 Å². The average molecular weight is 330 g/mol. The van der Waals surface area contributed by atoms with Crippen molar-refractivity contribution < 1.29 is 23.8 Å². The van der Waals surface area contributed by atoms with Gasteiger partial charge in [-0.2, -0.15) is 0 Å². The van der Waals surface area contributed by atoms with E-state index in [1.165, 1.54) is 25.4 Å². The molecule has 2 aliphatic rings. The molecule has 1 fully saturated rings. The van der Waals surface area contributed by atoms with E-state index in [4.69, 9.17) is 14.2 Å². The van der Waals surface area contributed by atoms with Gasteiger partial charge in [0, 0.05) is 0 Å². The van der Waals surface area contributed by atoms with Crippen LogP contribution in [0.3, 0.4) is 0 Å². The molecular formula is C19H22O5. The second kappa shape index (κ2) is 6.30. The highest BCUT2D eigenvalue weighted by molar-refractivity contribution is 6.01. The minimum atomic E-state index is -1.20. The highest BCUT2D eigenvalue weighted by atomic mass is 16.5. The lowest BCUT2D eigenvalue weighted by molar-refractivity contribution is -0.171. The molecule has 0 amide bonds. The van der Waals surface area contributed by atoms with E-state index >= 15 is 0 Å². The normalized spacial score (nSPS) is 21.4. The van der Waals surface area contributed by atoms with Crippen LogP contribution in [0.5, 0.6) is 5.75 Å². The zero-order valence-electron chi connectivity index (χ0n) is 14.3. The molecule has 128 valence electrons. The summed E-state index contributed by atoms with van der Waals surface area (Å²) in [5.41, 5.74) is 2.32.